The molecule has 0 radical (unpaired) electrons. The van der Waals surface area contributed by atoms with Crippen molar-refractivity contribution in [2.24, 2.45) is 21.1 Å². The molecule has 0 aliphatic heterocycles. The van der Waals surface area contributed by atoms with Gasteiger partial charge in [-0.2, -0.15) is 9.90 Å². The van der Waals surface area contributed by atoms with Gasteiger partial charge in [0.05, 0.1) is 53.0 Å². The molecule has 0 aliphatic rings. The highest BCUT2D eigenvalue weighted by Gasteiger charge is 2.27. The molecule has 0 fully saturated rings. The molecule has 13 aromatic heterocycles. The van der Waals surface area contributed by atoms with Crippen LogP contribution in [-0.4, -0.2) is 130 Å². The Labute approximate surface area is 859 Å². The molecule has 0 saturated heterocycles. The van der Waals surface area contributed by atoms with Crippen LogP contribution >= 0.6 is 56.7 Å². The van der Waals surface area contributed by atoms with Gasteiger partial charge in [0.15, 0.2) is 11.6 Å². The molecule has 0 atom stereocenters. The zero-order valence-corrected chi connectivity index (χ0v) is 84.2. The maximum absolute atomic E-state index is 13.8. The Kier molecular flexibility index (Phi) is 32.5. The maximum atomic E-state index is 13.8. The lowest BCUT2D eigenvalue weighted by atomic mass is 10.1. The second-order valence-electron chi connectivity index (χ2n) is 32.4. The molecule has 0 spiro atoms. The van der Waals surface area contributed by atoms with E-state index in [2.05, 4.69) is 114 Å². The lowest BCUT2D eigenvalue weighted by molar-refractivity contribution is 0.101. The van der Waals surface area contributed by atoms with Crippen LogP contribution in [0.3, 0.4) is 0 Å². The molecule has 148 heavy (non-hydrogen) atoms. The Morgan fingerprint density at radius 1 is 0.365 bits per heavy atom. The van der Waals surface area contributed by atoms with E-state index in [4.69, 9.17) is 4.98 Å². The monoisotopic (exact) mass is 2090 g/mol. The highest BCUT2D eigenvalue weighted by molar-refractivity contribution is 7.17. The van der Waals surface area contributed by atoms with Crippen LogP contribution < -0.4 is 26.6 Å². The van der Waals surface area contributed by atoms with Crippen molar-refractivity contribution >= 4 is 115 Å². The minimum Gasteiger partial charge on any atom is -0.322 e. The van der Waals surface area contributed by atoms with Crippen molar-refractivity contribution < 1.29 is 59.1 Å². The van der Waals surface area contributed by atoms with Crippen LogP contribution in [0.5, 0.6) is 0 Å². The van der Waals surface area contributed by atoms with Crippen molar-refractivity contribution in [1.82, 2.24) is 100 Å². The third kappa shape index (κ3) is 24.3. The number of tetrazole rings is 2. The average molecular weight is 2090 g/mol. The van der Waals surface area contributed by atoms with E-state index in [1.54, 1.807) is 175 Å². The largest absolute Gasteiger partial charge is 0.322 e. The molecule has 20 aromatic rings. The van der Waals surface area contributed by atoms with E-state index >= 15 is 0 Å². The van der Waals surface area contributed by atoms with Crippen molar-refractivity contribution in [3.05, 3.63) is 366 Å². The van der Waals surface area contributed by atoms with Gasteiger partial charge in [-0.1, -0.05) is 68.4 Å². The Bertz CT molecular complexity index is 8210. The molecule has 20 rings (SSSR count). The molecular weight excluding hydrogens is 2000 g/mol. The average Bonchev–Trinajstić information content (AvgIpc) is 1.66. The number of benzene rings is 7. The number of halogens is 8. The minimum atomic E-state index is -0.949. The van der Waals surface area contributed by atoms with Crippen LogP contribution in [0, 0.1) is 88.1 Å². The van der Waals surface area contributed by atoms with Gasteiger partial charge >= 0.3 is 0 Å². The summed E-state index contributed by atoms with van der Waals surface area (Å²) in [6.45, 7) is 15.2. The van der Waals surface area contributed by atoms with Crippen molar-refractivity contribution in [2.45, 2.75) is 68.2 Å². The molecule has 30 nitrogen and oxygen atoms in total. The highest BCUT2D eigenvalue weighted by Crippen LogP contribution is 2.42. The number of thiophene rings is 2. The van der Waals surface area contributed by atoms with Gasteiger partial charge in [-0.15, -0.1) is 72.0 Å². The number of carbonyl (C=O) groups is 5. The Hall–Kier alpha value is -17.4. The first-order valence-electron chi connectivity index (χ1n) is 45.0. The summed E-state index contributed by atoms with van der Waals surface area (Å²) in [6, 6.07) is 47.8. The van der Waals surface area contributed by atoms with Crippen LogP contribution in [0.1, 0.15) is 107 Å². The first-order valence-corrected chi connectivity index (χ1v) is 49.1. The molecule has 0 saturated carbocycles. The molecule has 0 bridgehead atoms. The lowest BCUT2D eigenvalue weighted by Crippen LogP contribution is -2.16. The fourth-order valence-electron chi connectivity index (χ4n) is 14.8. The molecule has 13 heterocycles. The molecule has 5 N–H and O–H groups in total. The van der Waals surface area contributed by atoms with Crippen molar-refractivity contribution in [3.8, 4) is 109 Å². The van der Waals surface area contributed by atoms with Crippen LogP contribution in [-0.2, 0) is 34.0 Å². The number of nitrogens with one attached hydrogen (secondary N) is 5. The maximum Gasteiger partial charge on any atom is 0.262 e. The number of anilines is 5. The second kappa shape index (κ2) is 46.5. The first kappa shape index (κ1) is 103. The SMILES string of the molecule is CCc1sc(-c2cccnc2C)nc1-c1ccc(NC(=O)c2cccc(F)c2C)nc1.CCc1sc(-c2cnn(C)c2)nc1-c1cnc(NC(=O)c2c(F)cccc2F)cn1.Cc1sc(-c2cnccn2)nc1-c1ccc(NC(=O)c2cccc(F)c2C)nc1.Cc1sc(-c2nnn(C)n2)cc1-c1ccc(NC(=O)c2c(F)cccc2F)cc1.Cc1sc(-c2nnnn2C)cc1-c1ccc(NC(=O)c2c(F)cccc2F)cc1. The summed E-state index contributed by atoms with van der Waals surface area (Å²) in [5.74, 6) is -7.66. The number of aromatic nitrogens is 20. The lowest BCUT2D eigenvalue weighted by Gasteiger charge is -2.08. The summed E-state index contributed by atoms with van der Waals surface area (Å²) in [5, 5.41) is 43.2. The van der Waals surface area contributed by atoms with Gasteiger partial charge in [-0.05, 0) is 237 Å². The number of nitrogens with zero attached hydrogens (tertiary/aromatic N) is 20. The molecule has 0 aliphatic carbocycles. The van der Waals surface area contributed by atoms with Crippen molar-refractivity contribution in [2.75, 3.05) is 26.6 Å². The van der Waals surface area contributed by atoms with Gasteiger partial charge in [-0.3, -0.25) is 43.6 Å². The summed E-state index contributed by atoms with van der Waals surface area (Å²) < 4.78 is 113. The number of rotatable bonds is 22. The standard InChI is InChI=1S/C24H21FN4OS.C21H16FN5OS.C20H16F2N6OS.2C20H15F2N5OS/c1-4-20-22(29-24(31-20)18-8-6-12-26-15(18)3)16-10-11-21(27-13-16)28-23(30)17-7-5-9-19(25)14(17)2;1-12-15(4-3-5-16(12)22)20(28)26-18-7-6-14(10-25-18)19-13(2)29-21(27-19)17-11-23-8-9-24-17;1-3-15-18(27-20(30-15)11-7-25-28(2)10-11)14-8-24-16(9-23-14)26-19(29)17-12(21)5-4-6-13(17)22;1-11-14(10-17(29-11)19-24-25-26-27(19)2)12-6-8-13(9-7-12)23-20(28)18-15(21)4-3-5-16(18)22;1-11-14(10-17(29-11)19-24-26-27(2)25-19)12-6-8-13(9-7-12)23-20(28)18-15(21)4-3-5-16(18)22/h5-13H,4H2,1-3H3,(H,27,28,30);3-11H,1-2H3,(H,25,26,28);4-10H,3H2,1-2H3,(H,24,26,29);2*3-10H,1-2H3,(H,23,28). The minimum absolute atomic E-state index is 0.0761. The molecular formula is C105H83F8N25O5S5. The number of carbonyl (C=O) groups excluding carboxylic acids is 5. The van der Waals surface area contributed by atoms with E-state index in [1.165, 1.54) is 71.0 Å². The van der Waals surface area contributed by atoms with Gasteiger partial charge in [0, 0.05) is 126 Å². The molecule has 43 heteroatoms. The summed E-state index contributed by atoms with van der Waals surface area (Å²) in [6.07, 6.45) is 18.1. The third-order valence-electron chi connectivity index (χ3n) is 22.4. The van der Waals surface area contributed by atoms with Gasteiger partial charge in [0.2, 0.25) is 5.82 Å². The number of amides is 5. The van der Waals surface area contributed by atoms with Crippen LogP contribution in [0.25, 0.3) is 109 Å². The van der Waals surface area contributed by atoms with Gasteiger partial charge in [-0.25, -0.2) is 74.7 Å². The summed E-state index contributed by atoms with van der Waals surface area (Å²) in [5.41, 5.74) is 12.3. The number of hydrogen-bond acceptors (Lipinski definition) is 27. The second-order valence-corrected chi connectivity index (χ2v) is 38.3. The Balaban J connectivity index is 0.000000132. The normalized spacial score (nSPS) is 10.9. The molecule has 0 unspecified atom stereocenters. The number of pyridine rings is 3. The Morgan fingerprint density at radius 2 is 0.845 bits per heavy atom. The smallest absolute Gasteiger partial charge is 0.262 e. The van der Waals surface area contributed by atoms with Crippen LogP contribution in [0.2, 0.25) is 0 Å². The van der Waals surface area contributed by atoms with Crippen molar-refractivity contribution in [1.29, 1.82) is 0 Å². The van der Waals surface area contributed by atoms with E-state index in [1.807, 2.05) is 109 Å². The van der Waals surface area contributed by atoms with Crippen LogP contribution in [0.4, 0.5) is 64.0 Å². The summed E-state index contributed by atoms with van der Waals surface area (Å²) in [7, 11) is 5.32. The summed E-state index contributed by atoms with van der Waals surface area (Å²) >= 11 is 7.87. The molecule has 744 valence electrons. The third-order valence-corrected chi connectivity index (χ3v) is 28.0. The molecule has 5 amide bonds. The number of aryl methyl sites for hydroxylation is 9. The van der Waals surface area contributed by atoms with E-state index < -0.39 is 92.8 Å². The van der Waals surface area contributed by atoms with Gasteiger partial charge in [0.25, 0.3) is 29.5 Å². The Morgan fingerprint density at radius 3 is 1.32 bits per heavy atom. The van der Waals surface area contributed by atoms with E-state index in [-0.39, 0.29) is 16.9 Å². The first-order chi connectivity index (χ1) is 71.3. The topological polar surface area (TPSA) is 379 Å². The fourth-order valence-corrected chi connectivity index (χ4v) is 19.8. The van der Waals surface area contributed by atoms with Crippen molar-refractivity contribution in [3.63, 3.8) is 0 Å². The predicted octanol–water partition coefficient (Wildman–Crippen LogP) is 23.5. The van der Waals surface area contributed by atoms with Crippen LogP contribution in [0.15, 0.2) is 250 Å². The fraction of sp³-hybridized carbons (Fsp3) is 0.124. The molecule has 7 aromatic carbocycles. The number of thiazole rings is 3. The summed E-state index contributed by atoms with van der Waals surface area (Å²) in [4.78, 5) is 114. The van der Waals surface area contributed by atoms with E-state index in [0.717, 1.165) is 160 Å². The zero-order chi connectivity index (χ0) is 105. The van der Waals surface area contributed by atoms with E-state index in [0.29, 0.717) is 62.9 Å². The van der Waals surface area contributed by atoms with Gasteiger partial charge in [0.1, 0.15) is 107 Å². The predicted molar refractivity (Wildman–Crippen MR) is 554 cm³/mol. The van der Waals surface area contributed by atoms with E-state index in [9.17, 15) is 59.1 Å². The van der Waals surface area contributed by atoms with Gasteiger partial charge < -0.3 is 26.6 Å². The highest BCUT2D eigenvalue weighted by atomic mass is 32.1. The number of hydrogen-bond donors (Lipinski definition) is 5. The quantitative estimate of drug-likeness (QED) is 0.0393. The zero-order valence-electron chi connectivity index (χ0n) is 80.1.